The molecule has 0 aliphatic carbocycles. The van der Waals surface area contributed by atoms with Gasteiger partial charge < -0.3 is 4.74 Å². The molecule has 0 spiro atoms. The molecule has 1 rings (SSSR count). The van der Waals surface area contributed by atoms with E-state index >= 15 is 0 Å². The van der Waals surface area contributed by atoms with E-state index in [1.54, 1.807) is 0 Å². The molecule has 0 bridgehead atoms. The lowest BCUT2D eigenvalue weighted by Crippen LogP contribution is -2.27. The van der Waals surface area contributed by atoms with Gasteiger partial charge in [-0.15, -0.1) is 0 Å². The van der Waals surface area contributed by atoms with Crippen LogP contribution in [0.3, 0.4) is 0 Å². The van der Waals surface area contributed by atoms with Crippen molar-refractivity contribution >= 4 is 15.9 Å². The summed E-state index contributed by atoms with van der Waals surface area (Å²) in [6, 6.07) is 6.09. The molecule has 0 heterocycles. The average molecular weight is 257 g/mol. The third-order valence-electron chi connectivity index (χ3n) is 2.37. The minimum atomic E-state index is -0.0847. The Balaban J connectivity index is 2.87. The van der Waals surface area contributed by atoms with Crippen LogP contribution in [0.25, 0.3) is 0 Å². The monoisotopic (exact) mass is 256 g/mol. The second kappa shape index (κ2) is 4.35. The summed E-state index contributed by atoms with van der Waals surface area (Å²) >= 11 is 3.44. The van der Waals surface area contributed by atoms with E-state index in [0.717, 1.165) is 16.6 Å². The van der Waals surface area contributed by atoms with Gasteiger partial charge in [-0.25, -0.2) is 0 Å². The summed E-state index contributed by atoms with van der Waals surface area (Å²) in [7, 11) is 0. The quantitative estimate of drug-likeness (QED) is 0.783. The van der Waals surface area contributed by atoms with Crippen molar-refractivity contribution in [1.82, 2.24) is 0 Å². The Morgan fingerprint density at radius 3 is 2.50 bits per heavy atom. The molecule has 1 aromatic carbocycles. The molecule has 0 N–H and O–H groups in total. The molecule has 1 nitrogen and oxygen atoms in total. The molecule has 78 valence electrons. The fraction of sp³-hybridized carbons (Fsp3) is 0.500. The van der Waals surface area contributed by atoms with Crippen molar-refractivity contribution in [2.75, 3.05) is 0 Å². The molecule has 0 aromatic heterocycles. The first-order chi connectivity index (χ1) is 6.44. The Morgan fingerprint density at radius 2 is 2.00 bits per heavy atom. The van der Waals surface area contributed by atoms with Gasteiger partial charge in [0.15, 0.2) is 0 Å². The molecule has 0 amide bonds. The second-order valence-corrected chi connectivity index (χ2v) is 5.04. The highest BCUT2D eigenvalue weighted by atomic mass is 79.9. The highest BCUT2D eigenvalue weighted by molar-refractivity contribution is 9.10. The highest BCUT2D eigenvalue weighted by Gasteiger charge is 2.17. The standard InChI is InChI=1S/C12H17BrO/c1-5-12(3,4)14-11-7-6-10(13)8-9(11)2/h6-8H,5H2,1-4H3. The van der Waals surface area contributed by atoms with Crippen LogP contribution >= 0.6 is 15.9 Å². The van der Waals surface area contributed by atoms with Crippen molar-refractivity contribution in [3.8, 4) is 5.75 Å². The lowest BCUT2D eigenvalue weighted by molar-refractivity contribution is 0.104. The predicted molar refractivity (Wildman–Crippen MR) is 63.9 cm³/mol. The Labute approximate surface area is 94.6 Å². The van der Waals surface area contributed by atoms with Gasteiger partial charge in [-0.2, -0.15) is 0 Å². The average Bonchev–Trinajstić information content (AvgIpc) is 2.10. The largest absolute Gasteiger partial charge is 0.488 e. The molecule has 0 aliphatic heterocycles. The van der Waals surface area contributed by atoms with Crippen LogP contribution in [-0.2, 0) is 0 Å². The molecule has 0 radical (unpaired) electrons. The SMILES string of the molecule is CCC(C)(C)Oc1ccc(Br)cc1C. The summed E-state index contributed by atoms with van der Waals surface area (Å²) in [4.78, 5) is 0. The summed E-state index contributed by atoms with van der Waals surface area (Å²) in [5, 5.41) is 0. The van der Waals surface area contributed by atoms with E-state index in [9.17, 15) is 0 Å². The number of hydrogen-bond acceptors (Lipinski definition) is 1. The molecule has 14 heavy (non-hydrogen) atoms. The third-order valence-corrected chi connectivity index (χ3v) is 2.87. The molecular formula is C12H17BrO. The Kier molecular flexibility index (Phi) is 3.59. The van der Waals surface area contributed by atoms with Gasteiger partial charge in [0.1, 0.15) is 11.4 Å². The van der Waals surface area contributed by atoms with Crippen molar-refractivity contribution in [3.05, 3.63) is 28.2 Å². The van der Waals surface area contributed by atoms with E-state index in [0.29, 0.717) is 0 Å². The van der Waals surface area contributed by atoms with Crippen molar-refractivity contribution in [3.63, 3.8) is 0 Å². The zero-order chi connectivity index (χ0) is 10.8. The second-order valence-electron chi connectivity index (χ2n) is 4.13. The lowest BCUT2D eigenvalue weighted by atomic mass is 10.1. The third kappa shape index (κ3) is 3.02. The molecule has 2 heteroatoms. The maximum Gasteiger partial charge on any atom is 0.123 e. The summed E-state index contributed by atoms with van der Waals surface area (Å²) in [6.45, 7) is 8.41. The normalized spacial score (nSPS) is 11.5. The van der Waals surface area contributed by atoms with Crippen LogP contribution in [0.2, 0.25) is 0 Å². The number of hydrogen-bond donors (Lipinski definition) is 0. The zero-order valence-electron chi connectivity index (χ0n) is 9.23. The van der Waals surface area contributed by atoms with Gasteiger partial charge in [0.2, 0.25) is 0 Å². The van der Waals surface area contributed by atoms with E-state index in [1.165, 1.54) is 5.56 Å². The number of rotatable bonds is 3. The van der Waals surface area contributed by atoms with Crippen molar-refractivity contribution in [2.24, 2.45) is 0 Å². The van der Waals surface area contributed by atoms with E-state index in [2.05, 4.69) is 49.7 Å². The van der Waals surface area contributed by atoms with E-state index in [-0.39, 0.29) is 5.60 Å². The first-order valence-electron chi connectivity index (χ1n) is 4.90. The fourth-order valence-electron chi connectivity index (χ4n) is 1.10. The van der Waals surface area contributed by atoms with Crippen LogP contribution < -0.4 is 4.74 Å². The van der Waals surface area contributed by atoms with Crippen LogP contribution in [0.1, 0.15) is 32.8 Å². The number of halogens is 1. The molecule has 0 atom stereocenters. The van der Waals surface area contributed by atoms with Gasteiger partial charge in [0.05, 0.1) is 0 Å². The predicted octanol–water partition coefficient (Wildman–Crippen LogP) is 4.32. The summed E-state index contributed by atoms with van der Waals surface area (Å²) in [5.74, 6) is 0.972. The summed E-state index contributed by atoms with van der Waals surface area (Å²) < 4.78 is 7.01. The van der Waals surface area contributed by atoms with Crippen LogP contribution in [0, 0.1) is 6.92 Å². The molecule has 0 unspecified atom stereocenters. The fourth-order valence-corrected chi connectivity index (χ4v) is 1.57. The van der Waals surface area contributed by atoms with Gasteiger partial charge in [-0.3, -0.25) is 0 Å². The van der Waals surface area contributed by atoms with E-state index in [1.807, 2.05) is 12.1 Å². The van der Waals surface area contributed by atoms with E-state index in [4.69, 9.17) is 4.74 Å². The van der Waals surface area contributed by atoms with Crippen LogP contribution in [0.15, 0.2) is 22.7 Å². The summed E-state index contributed by atoms with van der Waals surface area (Å²) in [6.07, 6.45) is 1.00. The van der Waals surface area contributed by atoms with Crippen molar-refractivity contribution < 1.29 is 4.74 Å². The Hall–Kier alpha value is -0.500. The maximum atomic E-state index is 5.92. The van der Waals surface area contributed by atoms with Gasteiger partial charge in [0.25, 0.3) is 0 Å². The molecule has 1 aromatic rings. The first kappa shape index (κ1) is 11.6. The Bertz CT molecular complexity index is 318. The minimum absolute atomic E-state index is 0.0847. The van der Waals surface area contributed by atoms with Crippen molar-refractivity contribution in [1.29, 1.82) is 0 Å². The highest BCUT2D eigenvalue weighted by Crippen LogP contribution is 2.26. The molecular weight excluding hydrogens is 240 g/mol. The number of aryl methyl sites for hydroxylation is 1. The maximum absolute atomic E-state index is 5.92. The lowest BCUT2D eigenvalue weighted by Gasteiger charge is -2.25. The smallest absolute Gasteiger partial charge is 0.123 e. The van der Waals surface area contributed by atoms with Gasteiger partial charge in [-0.1, -0.05) is 22.9 Å². The van der Waals surface area contributed by atoms with Crippen LogP contribution in [0.5, 0.6) is 5.75 Å². The van der Waals surface area contributed by atoms with Gasteiger partial charge >= 0.3 is 0 Å². The molecule has 0 saturated heterocycles. The van der Waals surface area contributed by atoms with E-state index < -0.39 is 0 Å². The van der Waals surface area contributed by atoms with Crippen LogP contribution in [-0.4, -0.2) is 5.60 Å². The first-order valence-corrected chi connectivity index (χ1v) is 5.69. The topological polar surface area (TPSA) is 9.23 Å². The minimum Gasteiger partial charge on any atom is -0.488 e. The van der Waals surface area contributed by atoms with Crippen molar-refractivity contribution in [2.45, 2.75) is 39.7 Å². The number of benzene rings is 1. The molecule has 0 saturated carbocycles. The Morgan fingerprint density at radius 1 is 1.36 bits per heavy atom. The van der Waals surface area contributed by atoms with Gasteiger partial charge in [0, 0.05) is 4.47 Å². The zero-order valence-corrected chi connectivity index (χ0v) is 10.8. The van der Waals surface area contributed by atoms with Crippen LogP contribution in [0.4, 0.5) is 0 Å². The van der Waals surface area contributed by atoms with Gasteiger partial charge in [-0.05, 0) is 51.0 Å². The summed E-state index contributed by atoms with van der Waals surface area (Å²) in [5.41, 5.74) is 1.08. The molecule has 0 fully saturated rings. The molecule has 0 aliphatic rings. The number of ether oxygens (including phenoxy) is 1.